The predicted octanol–water partition coefficient (Wildman–Crippen LogP) is 3.67. The first-order valence-corrected chi connectivity index (χ1v) is 9.14. The van der Waals surface area contributed by atoms with Crippen molar-refractivity contribution < 1.29 is 32.2 Å². The monoisotopic (exact) mass is 422 g/mol. The zero-order valence-electron chi connectivity index (χ0n) is 16.4. The molecule has 2 aromatic rings. The Morgan fingerprint density at radius 3 is 2.37 bits per heavy atom. The van der Waals surface area contributed by atoms with E-state index in [0.717, 1.165) is 6.07 Å². The minimum absolute atomic E-state index is 0.446. The van der Waals surface area contributed by atoms with Gasteiger partial charge in [-0.3, -0.25) is 9.59 Å². The van der Waals surface area contributed by atoms with Gasteiger partial charge in [0.25, 0.3) is 0 Å². The number of carbonyl (C=O) groups excluding carboxylic acids is 2. The summed E-state index contributed by atoms with van der Waals surface area (Å²) < 4.78 is 50.6. The van der Waals surface area contributed by atoms with E-state index in [1.807, 2.05) is 13.8 Å². The summed E-state index contributed by atoms with van der Waals surface area (Å²) in [7, 11) is 0. The molecule has 0 aliphatic heterocycles. The van der Waals surface area contributed by atoms with E-state index in [-0.39, 0.29) is 0 Å². The maximum atomic E-state index is 13.5. The van der Waals surface area contributed by atoms with Crippen molar-refractivity contribution in [3.63, 3.8) is 0 Å². The topological polar surface area (TPSA) is 76.7 Å². The SMILES string of the molecule is CCOc1ccc(/C=C/C(=O)NCC(=O)Nc2ccc(F)c(F)c2F)cc1OCC. The van der Waals surface area contributed by atoms with Crippen LogP contribution in [-0.2, 0) is 9.59 Å². The van der Waals surface area contributed by atoms with Crippen LogP contribution in [0.1, 0.15) is 19.4 Å². The van der Waals surface area contributed by atoms with Crippen molar-refractivity contribution in [2.75, 3.05) is 25.1 Å². The van der Waals surface area contributed by atoms with E-state index < -0.39 is 41.5 Å². The fourth-order valence-electron chi connectivity index (χ4n) is 2.39. The number of benzene rings is 2. The van der Waals surface area contributed by atoms with Crippen LogP contribution in [0.4, 0.5) is 18.9 Å². The van der Waals surface area contributed by atoms with Gasteiger partial charge < -0.3 is 20.1 Å². The van der Waals surface area contributed by atoms with Crippen LogP contribution in [-0.4, -0.2) is 31.6 Å². The number of rotatable bonds is 9. The molecule has 2 aromatic carbocycles. The summed E-state index contributed by atoms with van der Waals surface area (Å²) in [5, 5.41) is 4.36. The van der Waals surface area contributed by atoms with E-state index in [4.69, 9.17) is 9.47 Å². The molecule has 0 saturated carbocycles. The number of anilines is 1. The molecule has 9 heteroatoms. The molecule has 6 nitrogen and oxygen atoms in total. The predicted molar refractivity (Wildman–Crippen MR) is 106 cm³/mol. The molecule has 0 aliphatic rings. The molecule has 0 fully saturated rings. The first-order valence-electron chi connectivity index (χ1n) is 9.14. The second kappa shape index (κ2) is 10.9. The number of hydrogen-bond acceptors (Lipinski definition) is 4. The Labute approximate surface area is 171 Å². The Bertz CT molecular complexity index is 948. The van der Waals surface area contributed by atoms with Gasteiger partial charge in [-0.15, -0.1) is 0 Å². The molecule has 0 heterocycles. The molecule has 2 rings (SSSR count). The maximum absolute atomic E-state index is 13.5. The van der Waals surface area contributed by atoms with Crippen molar-refractivity contribution >= 4 is 23.6 Å². The molecular formula is C21H21F3N2O4. The fraction of sp³-hybridized carbons (Fsp3) is 0.238. The molecule has 160 valence electrons. The lowest BCUT2D eigenvalue weighted by atomic mass is 10.2. The number of ether oxygens (including phenoxy) is 2. The van der Waals surface area contributed by atoms with Crippen LogP contribution in [0, 0.1) is 17.5 Å². The highest BCUT2D eigenvalue weighted by molar-refractivity contribution is 5.98. The van der Waals surface area contributed by atoms with Crippen LogP contribution in [0.25, 0.3) is 6.08 Å². The van der Waals surface area contributed by atoms with Crippen LogP contribution >= 0.6 is 0 Å². The minimum atomic E-state index is -1.69. The third-order valence-electron chi connectivity index (χ3n) is 3.73. The molecule has 0 unspecified atom stereocenters. The average molecular weight is 422 g/mol. The summed E-state index contributed by atoms with van der Waals surface area (Å²) in [6, 6.07) is 6.72. The second-order valence-corrected chi connectivity index (χ2v) is 5.89. The first-order chi connectivity index (χ1) is 14.3. The second-order valence-electron chi connectivity index (χ2n) is 5.89. The maximum Gasteiger partial charge on any atom is 0.244 e. The molecule has 30 heavy (non-hydrogen) atoms. The standard InChI is InChI=1S/C21H21F3N2O4/c1-3-29-16-9-5-13(11-17(16)30-4-2)6-10-18(27)25-12-19(28)26-15-8-7-14(22)20(23)21(15)24/h5-11H,3-4,12H2,1-2H3,(H,25,27)(H,26,28)/b10-6+. The quantitative estimate of drug-likeness (QED) is 0.478. The molecule has 0 radical (unpaired) electrons. The normalized spacial score (nSPS) is 10.7. The molecule has 2 amide bonds. The first kappa shape index (κ1) is 22.8. The lowest BCUT2D eigenvalue weighted by Crippen LogP contribution is -2.32. The zero-order chi connectivity index (χ0) is 22.1. The Hall–Kier alpha value is -3.49. The van der Waals surface area contributed by atoms with Crippen LogP contribution < -0.4 is 20.1 Å². The van der Waals surface area contributed by atoms with E-state index in [9.17, 15) is 22.8 Å². The van der Waals surface area contributed by atoms with E-state index in [1.54, 1.807) is 18.2 Å². The molecular weight excluding hydrogens is 401 g/mol. The van der Waals surface area contributed by atoms with E-state index in [0.29, 0.717) is 36.3 Å². The number of carbonyl (C=O) groups is 2. The summed E-state index contributed by atoms with van der Waals surface area (Å²) >= 11 is 0. The van der Waals surface area contributed by atoms with Gasteiger partial charge in [0.1, 0.15) is 0 Å². The third-order valence-corrected chi connectivity index (χ3v) is 3.73. The summed E-state index contributed by atoms with van der Waals surface area (Å²) in [5.41, 5.74) is 0.145. The van der Waals surface area contributed by atoms with Crippen molar-refractivity contribution in [1.82, 2.24) is 5.32 Å². The summed E-state index contributed by atoms with van der Waals surface area (Å²) in [5.74, 6) is -4.84. The van der Waals surface area contributed by atoms with Crippen LogP contribution in [0.2, 0.25) is 0 Å². The molecule has 0 saturated heterocycles. The molecule has 2 N–H and O–H groups in total. The minimum Gasteiger partial charge on any atom is -0.490 e. The van der Waals surface area contributed by atoms with Crippen molar-refractivity contribution in [1.29, 1.82) is 0 Å². The fourth-order valence-corrected chi connectivity index (χ4v) is 2.39. The summed E-state index contributed by atoms with van der Waals surface area (Å²) in [6.45, 7) is 4.12. The number of amides is 2. The largest absolute Gasteiger partial charge is 0.490 e. The van der Waals surface area contributed by atoms with Gasteiger partial charge in [0, 0.05) is 6.08 Å². The Morgan fingerprint density at radius 1 is 0.967 bits per heavy atom. The van der Waals surface area contributed by atoms with Gasteiger partial charge in [0.2, 0.25) is 11.8 Å². The third kappa shape index (κ3) is 6.26. The van der Waals surface area contributed by atoms with Crippen molar-refractivity contribution in [2.24, 2.45) is 0 Å². The molecule has 0 aliphatic carbocycles. The molecule has 0 aromatic heterocycles. The van der Waals surface area contributed by atoms with Gasteiger partial charge in [-0.05, 0) is 49.8 Å². The molecule has 0 bridgehead atoms. The highest BCUT2D eigenvalue weighted by Crippen LogP contribution is 2.29. The Kier molecular flexibility index (Phi) is 8.28. The van der Waals surface area contributed by atoms with Gasteiger partial charge in [-0.2, -0.15) is 0 Å². The number of nitrogens with one attached hydrogen (secondary N) is 2. The van der Waals surface area contributed by atoms with Crippen molar-refractivity contribution in [3.05, 3.63) is 59.4 Å². The van der Waals surface area contributed by atoms with Gasteiger partial charge >= 0.3 is 0 Å². The number of hydrogen-bond donors (Lipinski definition) is 2. The van der Waals surface area contributed by atoms with Crippen molar-refractivity contribution in [2.45, 2.75) is 13.8 Å². The van der Waals surface area contributed by atoms with Gasteiger partial charge in [0.05, 0.1) is 25.4 Å². The molecule has 0 spiro atoms. The van der Waals surface area contributed by atoms with Crippen LogP contribution in [0.15, 0.2) is 36.4 Å². The molecule has 0 atom stereocenters. The Balaban J connectivity index is 1.92. The highest BCUT2D eigenvalue weighted by atomic mass is 19.2. The lowest BCUT2D eigenvalue weighted by molar-refractivity contribution is -0.121. The smallest absolute Gasteiger partial charge is 0.244 e. The highest BCUT2D eigenvalue weighted by Gasteiger charge is 2.15. The zero-order valence-corrected chi connectivity index (χ0v) is 16.4. The van der Waals surface area contributed by atoms with Crippen LogP contribution in [0.5, 0.6) is 11.5 Å². The van der Waals surface area contributed by atoms with E-state index in [2.05, 4.69) is 10.6 Å². The van der Waals surface area contributed by atoms with Crippen molar-refractivity contribution in [3.8, 4) is 11.5 Å². The summed E-state index contributed by atoms with van der Waals surface area (Å²) in [4.78, 5) is 23.7. The summed E-state index contributed by atoms with van der Waals surface area (Å²) in [6.07, 6.45) is 2.72. The van der Waals surface area contributed by atoms with E-state index >= 15 is 0 Å². The van der Waals surface area contributed by atoms with Gasteiger partial charge in [-0.1, -0.05) is 6.07 Å². The van der Waals surface area contributed by atoms with Crippen LogP contribution in [0.3, 0.4) is 0 Å². The van der Waals surface area contributed by atoms with Gasteiger partial charge in [-0.25, -0.2) is 13.2 Å². The Morgan fingerprint density at radius 2 is 1.67 bits per heavy atom. The van der Waals surface area contributed by atoms with Gasteiger partial charge in [0.15, 0.2) is 29.0 Å². The van der Waals surface area contributed by atoms with E-state index in [1.165, 1.54) is 12.2 Å². The number of halogens is 3. The average Bonchev–Trinajstić information content (AvgIpc) is 2.73. The lowest BCUT2D eigenvalue weighted by Gasteiger charge is -2.11.